The van der Waals surface area contributed by atoms with Crippen molar-refractivity contribution in [1.82, 2.24) is 0 Å². The maximum Gasteiger partial charge on any atom is 0.317 e. The number of aldehydes is 1. The number of halogens is 2. The summed E-state index contributed by atoms with van der Waals surface area (Å²) in [5, 5.41) is 0. The molecule has 0 atom stereocenters. The molecule has 0 aliphatic carbocycles. The lowest BCUT2D eigenvalue weighted by atomic mass is 10.7. The summed E-state index contributed by atoms with van der Waals surface area (Å²) in [6.07, 6.45) is 0.123. The molecular formula is C4H4Cl2O3. The van der Waals surface area contributed by atoms with Crippen LogP contribution in [-0.2, 0) is 14.3 Å². The molecule has 0 aromatic rings. The van der Waals surface area contributed by atoms with E-state index >= 15 is 0 Å². The first-order valence-electron chi connectivity index (χ1n) is 2.01. The Kier molecular flexibility index (Phi) is 2.94. The minimum atomic E-state index is -2.02. The van der Waals surface area contributed by atoms with Crippen LogP contribution in [0.5, 0.6) is 0 Å². The van der Waals surface area contributed by atoms with E-state index in [2.05, 4.69) is 4.74 Å². The highest BCUT2D eigenvalue weighted by Gasteiger charge is 2.25. The van der Waals surface area contributed by atoms with Crippen molar-refractivity contribution in [3.63, 3.8) is 0 Å². The van der Waals surface area contributed by atoms with Crippen molar-refractivity contribution in [1.29, 1.82) is 0 Å². The Hall–Kier alpha value is -0.280. The van der Waals surface area contributed by atoms with Gasteiger partial charge in [-0.05, 0) is 23.2 Å². The standard InChI is InChI=1S/C4H4Cl2O3/c1-3(8)9-4(5,6)2-7/h2H,1H3. The molecule has 3 nitrogen and oxygen atoms in total. The third-order valence-corrected chi connectivity index (χ3v) is 0.749. The van der Waals surface area contributed by atoms with Gasteiger partial charge in [-0.25, -0.2) is 0 Å². The summed E-state index contributed by atoms with van der Waals surface area (Å²) in [7, 11) is 0. The van der Waals surface area contributed by atoms with Gasteiger partial charge in [0, 0.05) is 6.92 Å². The molecule has 0 rings (SSSR count). The molecule has 0 bridgehead atoms. The van der Waals surface area contributed by atoms with E-state index in [-0.39, 0.29) is 6.29 Å². The molecule has 0 N–H and O–H groups in total. The van der Waals surface area contributed by atoms with Crippen LogP contribution in [0.2, 0.25) is 0 Å². The average Bonchev–Trinajstić information content (AvgIpc) is 1.63. The minimum Gasteiger partial charge on any atom is -0.422 e. The highest BCUT2D eigenvalue weighted by Crippen LogP contribution is 2.18. The van der Waals surface area contributed by atoms with Gasteiger partial charge in [0.25, 0.3) is 0 Å². The summed E-state index contributed by atoms with van der Waals surface area (Å²) in [4.78, 5) is 19.9. The molecule has 0 spiro atoms. The maximum absolute atomic E-state index is 10.1. The molecule has 5 heteroatoms. The van der Waals surface area contributed by atoms with E-state index in [9.17, 15) is 9.59 Å². The Morgan fingerprint density at radius 3 is 2.22 bits per heavy atom. The van der Waals surface area contributed by atoms with Crippen molar-refractivity contribution in [2.24, 2.45) is 0 Å². The fourth-order valence-electron chi connectivity index (χ4n) is 0.216. The van der Waals surface area contributed by atoms with Gasteiger partial charge >= 0.3 is 10.5 Å². The lowest BCUT2D eigenvalue weighted by Gasteiger charge is -2.09. The molecule has 0 radical (unpaired) electrons. The summed E-state index contributed by atoms with van der Waals surface area (Å²) in [6, 6.07) is 0. The second-order valence-corrected chi connectivity index (χ2v) is 2.59. The maximum atomic E-state index is 10.1. The van der Waals surface area contributed by atoms with Crippen LogP contribution in [0.25, 0.3) is 0 Å². The summed E-state index contributed by atoms with van der Waals surface area (Å²) >= 11 is 10.1. The van der Waals surface area contributed by atoms with Crippen molar-refractivity contribution in [2.75, 3.05) is 0 Å². The molecule has 0 aliphatic rings. The molecule has 0 aliphatic heterocycles. The van der Waals surface area contributed by atoms with Crippen LogP contribution in [0, 0.1) is 0 Å². The van der Waals surface area contributed by atoms with E-state index in [0.717, 1.165) is 6.92 Å². The van der Waals surface area contributed by atoms with Crippen molar-refractivity contribution in [3.8, 4) is 0 Å². The predicted molar refractivity (Wildman–Crippen MR) is 32.3 cm³/mol. The lowest BCUT2D eigenvalue weighted by Crippen LogP contribution is -2.22. The van der Waals surface area contributed by atoms with Crippen LogP contribution < -0.4 is 0 Å². The number of alkyl halides is 2. The second-order valence-electron chi connectivity index (χ2n) is 1.27. The van der Waals surface area contributed by atoms with Crippen molar-refractivity contribution in [3.05, 3.63) is 0 Å². The van der Waals surface area contributed by atoms with E-state index in [0.29, 0.717) is 0 Å². The summed E-state index contributed by atoms with van der Waals surface area (Å²) in [6.45, 7) is 1.10. The molecule has 0 saturated carbocycles. The van der Waals surface area contributed by atoms with Crippen LogP contribution in [0.3, 0.4) is 0 Å². The van der Waals surface area contributed by atoms with E-state index in [4.69, 9.17) is 23.2 Å². The molecule has 0 aromatic heterocycles. The van der Waals surface area contributed by atoms with Crippen LogP contribution >= 0.6 is 23.2 Å². The zero-order chi connectivity index (χ0) is 7.49. The molecule has 0 amide bonds. The van der Waals surface area contributed by atoms with E-state index in [1.807, 2.05) is 0 Å². The molecule has 0 aromatic carbocycles. The van der Waals surface area contributed by atoms with Gasteiger partial charge in [-0.2, -0.15) is 0 Å². The van der Waals surface area contributed by atoms with Gasteiger partial charge in [-0.15, -0.1) is 0 Å². The zero-order valence-electron chi connectivity index (χ0n) is 4.56. The van der Waals surface area contributed by atoms with Crippen LogP contribution in [0.4, 0.5) is 0 Å². The Bertz CT molecular complexity index is 132. The lowest BCUT2D eigenvalue weighted by molar-refractivity contribution is -0.147. The summed E-state index contributed by atoms with van der Waals surface area (Å²) in [5.74, 6) is -0.702. The number of ether oxygens (including phenoxy) is 1. The highest BCUT2D eigenvalue weighted by molar-refractivity contribution is 6.54. The SMILES string of the molecule is CC(=O)OC(Cl)(Cl)C=O. The zero-order valence-corrected chi connectivity index (χ0v) is 6.07. The average molecular weight is 171 g/mol. The Labute approximate surface area is 61.9 Å². The molecule has 0 unspecified atom stereocenters. The first-order valence-corrected chi connectivity index (χ1v) is 2.77. The summed E-state index contributed by atoms with van der Waals surface area (Å²) in [5.41, 5.74) is 0. The number of hydrogen-bond donors (Lipinski definition) is 0. The number of hydrogen-bond acceptors (Lipinski definition) is 3. The smallest absolute Gasteiger partial charge is 0.317 e. The highest BCUT2D eigenvalue weighted by atomic mass is 35.5. The third-order valence-electron chi connectivity index (χ3n) is 0.417. The monoisotopic (exact) mass is 170 g/mol. The van der Waals surface area contributed by atoms with E-state index in [1.165, 1.54) is 0 Å². The van der Waals surface area contributed by atoms with Crippen LogP contribution in [-0.4, -0.2) is 16.8 Å². The molecule has 9 heavy (non-hydrogen) atoms. The molecular weight excluding hydrogens is 167 g/mol. The third kappa shape index (κ3) is 4.24. The number of esters is 1. The quantitative estimate of drug-likeness (QED) is 0.351. The number of carbonyl (C=O) groups is 2. The van der Waals surface area contributed by atoms with Crippen molar-refractivity contribution >= 4 is 35.5 Å². The van der Waals surface area contributed by atoms with Gasteiger partial charge in [0.1, 0.15) is 0 Å². The molecule has 0 heterocycles. The van der Waals surface area contributed by atoms with Crippen molar-refractivity contribution < 1.29 is 14.3 Å². The molecule has 0 saturated heterocycles. The van der Waals surface area contributed by atoms with Gasteiger partial charge in [0.2, 0.25) is 0 Å². The Morgan fingerprint density at radius 1 is 1.67 bits per heavy atom. The summed E-state index contributed by atoms with van der Waals surface area (Å²) < 4.78 is 2.09. The van der Waals surface area contributed by atoms with Crippen LogP contribution in [0.1, 0.15) is 6.92 Å². The predicted octanol–water partition coefficient (Wildman–Crippen LogP) is 0.880. The Morgan fingerprint density at radius 2 is 2.11 bits per heavy atom. The molecule has 52 valence electrons. The topological polar surface area (TPSA) is 43.4 Å². The Balaban J connectivity index is 3.86. The normalized spacial score (nSPS) is 10.6. The second kappa shape index (κ2) is 3.03. The van der Waals surface area contributed by atoms with Gasteiger partial charge in [0.05, 0.1) is 0 Å². The first-order chi connectivity index (χ1) is 3.98. The van der Waals surface area contributed by atoms with Crippen molar-refractivity contribution in [2.45, 2.75) is 11.4 Å². The molecule has 0 fully saturated rings. The van der Waals surface area contributed by atoms with Gasteiger partial charge in [0.15, 0.2) is 6.29 Å². The van der Waals surface area contributed by atoms with Gasteiger partial charge in [-0.1, -0.05) is 0 Å². The number of rotatable bonds is 2. The number of carbonyl (C=O) groups excluding carboxylic acids is 2. The van der Waals surface area contributed by atoms with Crippen LogP contribution in [0.15, 0.2) is 0 Å². The largest absolute Gasteiger partial charge is 0.422 e. The van der Waals surface area contributed by atoms with E-state index < -0.39 is 10.5 Å². The first kappa shape index (κ1) is 8.72. The van der Waals surface area contributed by atoms with E-state index in [1.54, 1.807) is 0 Å². The fraction of sp³-hybridized carbons (Fsp3) is 0.500. The van der Waals surface area contributed by atoms with Gasteiger partial charge in [-0.3, -0.25) is 9.59 Å². The van der Waals surface area contributed by atoms with Gasteiger partial charge < -0.3 is 4.74 Å². The minimum absolute atomic E-state index is 0.123. The fourth-order valence-corrected chi connectivity index (χ4v) is 0.433.